The minimum absolute atomic E-state index is 0.165. The molecular weight excluding hydrogens is 478 g/mol. The normalized spacial score (nSPS) is 16.3. The highest BCUT2D eigenvalue weighted by Crippen LogP contribution is 2.38. The largest absolute Gasteiger partial charge is 0.357 e. The van der Waals surface area contributed by atoms with Gasteiger partial charge in [0.1, 0.15) is 0 Å². The van der Waals surface area contributed by atoms with Crippen molar-refractivity contribution in [2.75, 3.05) is 61.1 Å². The molecule has 1 aliphatic heterocycles. The van der Waals surface area contributed by atoms with Crippen LogP contribution in [0.1, 0.15) is 71.1 Å². The summed E-state index contributed by atoms with van der Waals surface area (Å²) in [4.78, 5) is 8.58. The van der Waals surface area contributed by atoms with Gasteiger partial charge in [0.15, 0.2) is 10.7 Å². The van der Waals surface area contributed by atoms with Crippen molar-refractivity contribution in [1.82, 2.24) is 19.8 Å². The van der Waals surface area contributed by atoms with E-state index in [1.807, 2.05) is 57.1 Å². The van der Waals surface area contributed by atoms with E-state index in [9.17, 15) is 8.42 Å². The van der Waals surface area contributed by atoms with E-state index in [0.29, 0.717) is 6.54 Å². The fourth-order valence-corrected chi connectivity index (χ4v) is 6.13. The highest BCUT2D eigenvalue weighted by Gasteiger charge is 2.25. The first-order chi connectivity index (χ1) is 15.5. The number of nitrogens with zero attached hydrogens (tertiary/aromatic N) is 5. The number of amidine groups is 1. The van der Waals surface area contributed by atoms with Crippen LogP contribution in [-0.2, 0) is 10.1 Å². The summed E-state index contributed by atoms with van der Waals surface area (Å²) in [6.07, 6.45) is 13.1. The smallest absolute Gasteiger partial charge is 0.266 e. The van der Waals surface area contributed by atoms with Crippen LogP contribution in [0.25, 0.3) is 0 Å². The molecule has 198 valence electrons. The maximum Gasteiger partial charge on any atom is 0.266 e. The third kappa shape index (κ3) is 18.9. The molecule has 0 fully saturated rings. The quantitative estimate of drug-likeness (QED) is 0.133. The van der Waals surface area contributed by atoms with Gasteiger partial charge < -0.3 is 9.80 Å². The van der Waals surface area contributed by atoms with Crippen molar-refractivity contribution >= 4 is 36.9 Å². The molecule has 11 heteroatoms. The lowest BCUT2D eigenvalue weighted by Gasteiger charge is -2.26. The number of rotatable bonds is 16. The molecule has 1 atom stereocenters. The monoisotopic (exact) mass is 527 g/mol. The summed E-state index contributed by atoms with van der Waals surface area (Å²) in [7, 11) is 11.7. The Bertz CT molecular complexity index is 618. The minimum atomic E-state index is -3.81. The van der Waals surface area contributed by atoms with E-state index in [0.717, 1.165) is 18.1 Å². The third-order valence-corrected chi connectivity index (χ3v) is 8.64. The number of aliphatic imine (C=N–C) groups is 1. The summed E-state index contributed by atoms with van der Waals surface area (Å²) >= 11 is 0. The highest BCUT2D eigenvalue weighted by atomic mass is 33.1. The fourth-order valence-electron chi connectivity index (χ4n) is 3.01. The summed E-state index contributed by atoms with van der Waals surface area (Å²) in [6, 6.07) is 0. The molecule has 0 bridgehead atoms. The summed E-state index contributed by atoms with van der Waals surface area (Å²) in [5, 5.41) is 5.23. The lowest BCUT2D eigenvalue weighted by molar-refractivity contribution is 0.0474. The first-order valence-corrected chi connectivity index (χ1v) is 15.9. The minimum Gasteiger partial charge on any atom is -0.357 e. The van der Waals surface area contributed by atoms with Gasteiger partial charge in [-0.1, -0.05) is 64.7 Å². The number of unbranched alkanes of at least 4 members (excludes halogenated alkanes) is 9. The highest BCUT2D eigenvalue weighted by molar-refractivity contribution is 8.82. The Balaban J connectivity index is 0.000000676. The number of hydrogen-bond acceptors (Lipinski definition) is 9. The standard InChI is InChI=1S/C15H33NO3S.C7H16N4S2/c1-3-4-5-6-7-8-9-10-11-12-13-16(2)14-15-20(17,18)19;1-9(2)6-8-7(13-12-6)11(5)10(3)4/h3-15H2,1-2H3,(H,17,18,19);7H,1-5H3. The van der Waals surface area contributed by atoms with Gasteiger partial charge in [0.05, 0.1) is 5.75 Å². The second-order valence-corrected chi connectivity index (χ2v) is 12.8. The van der Waals surface area contributed by atoms with Crippen molar-refractivity contribution < 1.29 is 13.0 Å². The zero-order valence-corrected chi connectivity index (χ0v) is 24.4. The predicted octanol–water partition coefficient (Wildman–Crippen LogP) is 4.72. The van der Waals surface area contributed by atoms with E-state index in [1.54, 1.807) is 21.6 Å². The van der Waals surface area contributed by atoms with E-state index in [4.69, 9.17) is 4.55 Å². The molecule has 0 aromatic carbocycles. The predicted molar refractivity (Wildman–Crippen MR) is 147 cm³/mol. The van der Waals surface area contributed by atoms with Crippen LogP contribution in [0.3, 0.4) is 0 Å². The Hall–Kier alpha value is -0.0400. The van der Waals surface area contributed by atoms with Gasteiger partial charge in [-0.25, -0.2) is 15.0 Å². The van der Waals surface area contributed by atoms with Crippen molar-refractivity contribution in [1.29, 1.82) is 0 Å². The summed E-state index contributed by atoms with van der Waals surface area (Å²) in [5.41, 5.74) is 0.206. The molecule has 0 spiro atoms. The van der Waals surface area contributed by atoms with Crippen molar-refractivity contribution in [2.24, 2.45) is 4.99 Å². The van der Waals surface area contributed by atoms with E-state index >= 15 is 0 Å². The van der Waals surface area contributed by atoms with Crippen LogP contribution in [0, 0.1) is 0 Å². The van der Waals surface area contributed by atoms with E-state index in [-0.39, 0.29) is 11.3 Å². The van der Waals surface area contributed by atoms with Crippen LogP contribution in [0.4, 0.5) is 0 Å². The molecule has 0 saturated carbocycles. The number of hydrogen-bond donors (Lipinski definition) is 1. The average molecular weight is 528 g/mol. The van der Waals surface area contributed by atoms with Gasteiger partial charge in [-0.15, -0.1) is 0 Å². The SMILES string of the molecule is CCCCCCCCCCCCN(C)CCS(=O)(=O)O.CN(C)C1=NC(N(C)N(C)C)SS1. The van der Waals surface area contributed by atoms with Crippen molar-refractivity contribution in [3.63, 3.8) is 0 Å². The molecular formula is C22H49N5O3S3. The molecule has 1 heterocycles. The van der Waals surface area contributed by atoms with Gasteiger partial charge in [-0.05, 0) is 41.6 Å². The molecule has 1 rings (SSSR count). The maximum absolute atomic E-state index is 10.6. The zero-order valence-electron chi connectivity index (χ0n) is 22.0. The molecule has 1 N–H and O–H groups in total. The molecule has 33 heavy (non-hydrogen) atoms. The molecule has 0 radical (unpaired) electrons. The zero-order chi connectivity index (χ0) is 25.3. The molecule has 1 unspecified atom stereocenters. The fraction of sp³-hybridized carbons (Fsp3) is 0.955. The molecule has 1 aliphatic rings. The first kappa shape index (κ1) is 33.0. The van der Waals surface area contributed by atoms with Crippen LogP contribution in [0.2, 0.25) is 0 Å². The van der Waals surface area contributed by atoms with Gasteiger partial charge in [0, 0.05) is 41.8 Å². The van der Waals surface area contributed by atoms with E-state index < -0.39 is 10.1 Å². The molecule has 0 aromatic rings. The van der Waals surface area contributed by atoms with Gasteiger partial charge in [-0.3, -0.25) is 4.55 Å². The van der Waals surface area contributed by atoms with Crippen LogP contribution < -0.4 is 0 Å². The summed E-state index contributed by atoms with van der Waals surface area (Å²) in [6.45, 7) is 3.56. The lowest BCUT2D eigenvalue weighted by Crippen LogP contribution is -2.38. The number of hydrazine groups is 1. The van der Waals surface area contributed by atoms with E-state index in [1.165, 1.54) is 57.8 Å². The van der Waals surface area contributed by atoms with Gasteiger partial charge in [0.2, 0.25) is 0 Å². The molecule has 0 aliphatic carbocycles. The lowest BCUT2D eigenvalue weighted by atomic mass is 10.1. The Kier molecular flexibility index (Phi) is 19.2. The van der Waals surface area contributed by atoms with Crippen LogP contribution >= 0.6 is 21.6 Å². The van der Waals surface area contributed by atoms with Crippen LogP contribution in [0.5, 0.6) is 0 Å². The van der Waals surface area contributed by atoms with Crippen molar-refractivity contribution in [2.45, 2.75) is 76.6 Å². The topological polar surface area (TPSA) is 79.7 Å². The van der Waals surface area contributed by atoms with Crippen molar-refractivity contribution in [3.8, 4) is 0 Å². The third-order valence-electron chi connectivity index (χ3n) is 5.39. The Labute approximate surface area is 212 Å². The van der Waals surface area contributed by atoms with Gasteiger partial charge in [-0.2, -0.15) is 8.42 Å². The van der Waals surface area contributed by atoms with Crippen LogP contribution in [0.15, 0.2) is 4.99 Å². The summed E-state index contributed by atoms with van der Waals surface area (Å²) in [5.74, 6) is -0.165. The first-order valence-electron chi connectivity index (χ1n) is 12.1. The van der Waals surface area contributed by atoms with Crippen molar-refractivity contribution in [3.05, 3.63) is 0 Å². The van der Waals surface area contributed by atoms with Gasteiger partial charge >= 0.3 is 0 Å². The molecule has 0 aromatic heterocycles. The van der Waals surface area contributed by atoms with Crippen LogP contribution in [-0.4, -0.2) is 105 Å². The maximum atomic E-state index is 10.6. The Morgan fingerprint density at radius 2 is 1.36 bits per heavy atom. The Morgan fingerprint density at radius 1 is 0.848 bits per heavy atom. The molecule has 0 amide bonds. The second kappa shape index (κ2) is 19.2. The van der Waals surface area contributed by atoms with E-state index in [2.05, 4.69) is 16.9 Å². The molecule has 0 saturated heterocycles. The average Bonchev–Trinajstić information content (AvgIpc) is 3.23. The second-order valence-electron chi connectivity index (χ2n) is 9.00. The molecule has 8 nitrogen and oxygen atoms in total. The van der Waals surface area contributed by atoms with Gasteiger partial charge in [0.25, 0.3) is 10.1 Å². The summed E-state index contributed by atoms with van der Waals surface area (Å²) < 4.78 is 29.9. The Morgan fingerprint density at radius 3 is 1.79 bits per heavy atom.